The highest BCUT2D eigenvalue weighted by atomic mass is 127. The number of halogens is 2. The van der Waals surface area contributed by atoms with Gasteiger partial charge in [0.1, 0.15) is 5.82 Å². The van der Waals surface area contributed by atoms with Crippen LogP contribution in [0.4, 0.5) is 4.39 Å². The quantitative estimate of drug-likeness (QED) is 0.685. The van der Waals surface area contributed by atoms with Crippen LogP contribution in [0.2, 0.25) is 0 Å². The smallest absolute Gasteiger partial charge is 0.123 e. The van der Waals surface area contributed by atoms with E-state index in [1.807, 2.05) is 13.0 Å². The van der Waals surface area contributed by atoms with Crippen molar-refractivity contribution in [2.24, 2.45) is 0 Å². The molecular weight excluding hydrogens is 302 g/mol. The molecule has 0 heterocycles. The van der Waals surface area contributed by atoms with Gasteiger partial charge in [0, 0.05) is 3.57 Å². The molecule has 0 fully saturated rings. The number of rotatable bonds is 1. The number of hydrogen-bond donors (Lipinski definition) is 0. The van der Waals surface area contributed by atoms with E-state index in [1.165, 1.54) is 11.6 Å². The molecule has 2 rings (SSSR count). The molecule has 0 saturated heterocycles. The Bertz CT molecular complexity index is 492. The molecule has 2 heteroatoms. The Labute approximate surface area is 102 Å². The molecule has 0 nitrogen and oxygen atoms in total. The summed E-state index contributed by atoms with van der Waals surface area (Å²) in [6.07, 6.45) is 0. The molecule has 0 saturated carbocycles. The number of aryl methyl sites for hydroxylation is 1. The van der Waals surface area contributed by atoms with Crippen LogP contribution in [-0.2, 0) is 0 Å². The standard InChI is InChI=1S/C13H10FI/c1-9-5-6-13(15)12(7-9)10-3-2-4-11(14)8-10/h2-8H,1H3. The first-order valence-corrected chi connectivity index (χ1v) is 5.77. The van der Waals surface area contributed by atoms with Crippen molar-refractivity contribution < 1.29 is 4.39 Å². The van der Waals surface area contributed by atoms with Crippen LogP contribution in [0.3, 0.4) is 0 Å². The van der Waals surface area contributed by atoms with E-state index in [0.717, 1.165) is 14.7 Å². The predicted octanol–water partition coefficient (Wildman–Crippen LogP) is 4.41. The van der Waals surface area contributed by atoms with Gasteiger partial charge in [0.25, 0.3) is 0 Å². The van der Waals surface area contributed by atoms with Crippen molar-refractivity contribution in [1.82, 2.24) is 0 Å². The van der Waals surface area contributed by atoms with E-state index in [2.05, 4.69) is 40.8 Å². The third kappa shape index (κ3) is 2.37. The zero-order valence-electron chi connectivity index (χ0n) is 8.30. The lowest BCUT2D eigenvalue weighted by Crippen LogP contribution is -1.85. The Balaban J connectivity index is 2.58. The first-order chi connectivity index (χ1) is 7.16. The lowest BCUT2D eigenvalue weighted by Gasteiger charge is -2.06. The summed E-state index contributed by atoms with van der Waals surface area (Å²) in [7, 11) is 0. The van der Waals surface area contributed by atoms with Gasteiger partial charge in [0.15, 0.2) is 0 Å². The number of benzene rings is 2. The minimum absolute atomic E-state index is 0.190. The molecular formula is C13H10FI. The topological polar surface area (TPSA) is 0 Å². The first-order valence-electron chi connectivity index (χ1n) is 4.69. The lowest BCUT2D eigenvalue weighted by atomic mass is 10.0. The zero-order chi connectivity index (χ0) is 10.8. The third-order valence-electron chi connectivity index (χ3n) is 2.26. The summed E-state index contributed by atoms with van der Waals surface area (Å²) in [5, 5.41) is 0. The molecule has 0 radical (unpaired) electrons. The molecule has 2 aromatic rings. The average molecular weight is 312 g/mol. The summed E-state index contributed by atoms with van der Waals surface area (Å²) in [6.45, 7) is 2.04. The maximum atomic E-state index is 13.1. The van der Waals surface area contributed by atoms with Gasteiger partial charge < -0.3 is 0 Å². The van der Waals surface area contributed by atoms with Gasteiger partial charge in [-0.2, -0.15) is 0 Å². The second-order valence-electron chi connectivity index (χ2n) is 3.49. The van der Waals surface area contributed by atoms with Crippen LogP contribution >= 0.6 is 22.6 Å². The summed E-state index contributed by atoms with van der Waals surface area (Å²) >= 11 is 2.27. The van der Waals surface area contributed by atoms with Crippen molar-refractivity contribution in [2.45, 2.75) is 6.92 Å². The summed E-state index contributed by atoms with van der Waals surface area (Å²) in [4.78, 5) is 0. The fourth-order valence-electron chi connectivity index (χ4n) is 1.52. The Morgan fingerprint density at radius 2 is 1.87 bits per heavy atom. The molecule has 0 unspecified atom stereocenters. The molecule has 0 spiro atoms. The van der Waals surface area contributed by atoms with Gasteiger partial charge in [0.2, 0.25) is 0 Å². The monoisotopic (exact) mass is 312 g/mol. The Morgan fingerprint density at radius 3 is 2.60 bits per heavy atom. The van der Waals surface area contributed by atoms with E-state index in [4.69, 9.17) is 0 Å². The summed E-state index contributed by atoms with van der Waals surface area (Å²) in [5.74, 6) is -0.190. The molecule has 0 atom stereocenters. The minimum atomic E-state index is -0.190. The minimum Gasteiger partial charge on any atom is -0.207 e. The van der Waals surface area contributed by atoms with Gasteiger partial charge in [-0.25, -0.2) is 4.39 Å². The maximum absolute atomic E-state index is 13.1. The number of hydrogen-bond acceptors (Lipinski definition) is 0. The lowest BCUT2D eigenvalue weighted by molar-refractivity contribution is 0.628. The first kappa shape index (κ1) is 10.6. The van der Waals surface area contributed by atoms with Gasteiger partial charge in [0.05, 0.1) is 0 Å². The third-order valence-corrected chi connectivity index (χ3v) is 3.20. The molecule has 15 heavy (non-hydrogen) atoms. The molecule has 0 N–H and O–H groups in total. The highest BCUT2D eigenvalue weighted by Gasteiger charge is 2.03. The SMILES string of the molecule is Cc1ccc(I)c(-c2cccc(F)c2)c1. The van der Waals surface area contributed by atoms with Crippen LogP contribution in [0.1, 0.15) is 5.56 Å². The van der Waals surface area contributed by atoms with Crippen molar-refractivity contribution >= 4 is 22.6 Å². The van der Waals surface area contributed by atoms with Gasteiger partial charge in [-0.15, -0.1) is 0 Å². The van der Waals surface area contributed by atoms with Gasteiger partial charge in [-0.3, -0.25) is 0 Å². The fourth-order valence-corrected chi connectivity index (χ4v) is 2.16. The van der Waals surface area contributed by atoms with Crippen LogP contribution in [0.15, 0.2) is 42.5 Å². The van der Waals surface area contributed by atoms with Crippen molar-refractivity contribution in [3.05, 3.63) is 57.4 Å². The zero-order valence-corrected chi connectivity index (χ0v) is 10.5. The average Bonchev–Trinajstić information content (AvgIpc) is 2.22. The van der Waals surface area contributed by atoms with Crippen molar-refractivity contribution in [3.8, 4) is 11.1 Å². The maximum Gasteiger partial charge on any atom is 0.123 e. The van der Waals surface area contributed by atoms with Crippen LogP contribution in [-0.4, -0.2) is 0 Å². The van der Waals surface area contributed by atoms with Crippen LogP contribution in [0.5, 0.6) is 0 Å². The predicted molar refractivity (Wildman–Crippen MR) is 69.3 cm³/mol. The summed E-state index contributed by atoms with van der Waals surface area (Å²) in [5.41, 5.74) is 3.22. The molecule has 0 aliphatic heterocycles. The second-order valence-corrected chi connectivity index (χ2v) is 4.66. The van der Waals surface area contributed by atoms with Crippen LogP contribution in [0.25, 0.3) is 11.1 Å². The molecule has 76 valence electrons. The van der Waals surface area contributed by atoms with E-state index in [9.17, 15) is 4.39 Å². The van der Waals surface area contributed by atoms with Crippen LogP contribution in [0, 0.1) is 16.3 Å². The van der Waals surface area contributed by atoms with Crippen molar-refractivity contribution in [3.63, 3.8) is 0 Å². The van der Waals surface area contributed by atoms with E-state index < -0.39 is 0 Å². The van der Waals surface area contributed by atoms with Crippen LogP contribution < -0.4 is 0 Å². The molecule has 0 aromatic heterocycles. The highest BCUT2D eigenvalue weighted by Crippen LogP contribution is 2.26. The Hall–Kier alpha value is -0.900. The van der Waals surface area contributed by atoms with Gasteiger partial charge in [-0.05, 0) is 58.8 Å². The Morgan fingerprint density at radius 1 is 1.07 bits per heavy atom. The van der Waals surface area contributed by atoms with Crippen molar-refractivity contribution in [1.29, 1.82) is 0 Å². The normalized spacial score (nSPS) is 10.3. The largest absolute Gasteiger partial charge is 0.207 e. The van der Waals surface area contributed by atoms with Gasteiger partial charge in [-0.1, -0.05) is 29.8 Å². The van der Waals surface area contributed by atoms with Gasteiger partial charge >= 0.3 is 0 Å². The molecule has 2 aromatic carbocycles. The fraction of sp³-hybridized carbons (Fsp3) is 0.0769. The molecule has 0 bridgehead atoms. The second kappa shape index (κ2) is 4.31. The Kier molecular flexibility index (Phi) is 3.05. The van der Waals surface area contributed by atoms with E-state index in [-0.39, 0.29) is 5.82 Å². The van der Waals surface area contributed by atoms with E-state index in [0.29, 0.717) is 0 Å². The highest BCUT2D eigenvalue weighted by molar-refractivity contribution is 14.1. The van der Waals surface area contributed by atoms with Crippen molar-refractivity contribution in [2.75, 3.05) is 0 Å². The molecule has 0 amide bonds. The summed E-state index contributed by atoms with van der Waals surface area (Å²) in [6, 6.07) is 12.9. The summed E-state index contributed by atoms with van der Waals surface area (Å²) < 4.78 is 14.2. The van der Waals surface area contributed by atoms with E-state index >= 15 is 0 Å². The molecule has 0 aliphatic rings. The van der Waals surface area contributed by atoms with E-state index in [1.54, 1.807) is 12.1 Å². The molecule has 0 aliphatic carbocycles.